The van der Waals surface area contributed by atoms with Gasteiger partial charge in [-0.1, -0.05) is 36.7 Å². The van der Waals surface area contributed by atoms with Gasteiger partial charge in [0.2, 0.25) is 0 Å². The monoisotopic (exact) mass is 292 g/mol. The van der Waals surface area contributed by atoms with Gasteiger partial charge < -0.3 is 5.73 Å². The van der Waals surface area contributed by atoms with E-state index < -0.39 is 0 Å². The van der Waals surface area contributed by atoms with Gasteiger partial charge in [0.15, 0.2) is 0 Å². The lowest BCUT2D eigenvalue weighted by molar-refractivity contribution is 0.271. The molecule has 0 aliphatic heterocycles. The molecule has 0 heterocycles. The van der Waals surface area contributed by atoms with Crippen LogP contribution in [0.5, 0.6) is 0 Å². The Balaban J connectivity index is 2.13. The molecule has 0 unspecified atom stereocenters. The fourth-order valence-electron chi connectivity index (χ4n) is 2.10. The molecule has 0 spiro atoms. The smallest absolute Gasteiger partial charge is 0.123 e. The summed E-state index contributed by atoms with van der Waals surface area (Å²) in [5.74, 6) is -0.264. The molecule has 0 aromatic heterocycles. The first kappa shape index (κ1) is 14.8. The number of benzene rings is 2. The number of hydrogen-bond acceptors (Lipinski definition) is 2. The molecule has 0 saturated heterocycles. The van der Waals surface area contributed by atoms with E-state index >= 15 is 0 Å². The summed E-state index contributed by atoms with van der Waals surface area (Å²) in [6.45, 7) is 4.21. The normalized spacial score (nSPS) is 11.0. The Labute approximate surface area is 124 Å². The standard InChI is InChI=1S/C16H18ClFN2/c1-2-20(10-12-5-3-4-6-16(12)19)11-13-9-14(18)7-8-15(13)17/h3-9H,2,10-11,19H2,1H3. The number of nitrogens with zero attached hydrogens (tertiary/aromatic N) is 1. The first-order valence-electron chi connectivity index (χ1n) is 6.59. The Morgan fingerprint density at radius 2 is 1.80 bits per heavy atom. The van der Waals surface area contributed by atoms with Crippen molar-refractivity contribution in [1.29, 1.82) is 0 Å². The van der Waals surface area contributed by atoms with Gasteiger partial charge >= 0.3 is 0 Å². The zero-order chi connectivity index (χ0) is 14.5. The average molecular weight is 293 g/mol. The second-order valence-corrected chi connectivity index (χ2v) is 5.15. The third-order valence-electron chi connectivity index (χ3n) is 3.30. The van der Waals surface area contributed by atoms with Crippen LogP contribution in [0.4, 0.5) is 10.1 Å². The molecule has 0 aliphatic rings. The highest BCUT2D eigenvalue weighted by atomic mass is 35.5. The molecule has 2 nitrogen and oxygen atoms in total. The molecule has 2 aromatic carbocycles. The Morgan fingerprint density at radius 3 is 2.50 bits per heavy atom. The summed E-state index contributed by atoms with van der Waals surface area (Å²) in [4.78, 5) is 2.17. The summed E-state index contributed by atoms with van der Waals surface area (Å²) in [7, 11) is 0. The van der Waals surface area contributed by atoms with Gasteiger partial charge in [0.05, 0.1) is 0 Å². The van der Waals surface area contributed by atoms with Crippen LogP contribution in [0.25, 0.3) is 0 Å². The van der Waals surface area contributed by atoms with Gasteiger partial charge in [-0.25, -0.2) is 4.39 Å². The van der Waals surface area contributed by atoms with Crippen LogP contribution in [-0.4, -0.2) is 11.4 Å². The lowest BCUT2D eigenvalue weighted by Crippen LogP contribution is -2.23. The summed E-state index contributed by atoms with van der Waals surface area (Å²) in [6.07, 6.45) is 0. The molecule has 20 heavy (non-hydrogen) atoms. The largest absolute Gasteiger partial charge is 0.398 e. The molecule has 2 rings (SSSR count). The van der Waals surface area contributed by atoms with Crippen LogP contribution < -0.4 is 5.73 Å². The van der Waals surface area contributed by atoms with Crippen molar-refractivity contribution in [2.24, 2.45) is 0 Å². The van der Waals surface area contributed by atoms with E-state index in [1.165, 1.54) is 12.1 Å². The number of para-hydroxylation sites is 1. The Kier molecular flexibility index (Phi) is 4.99. The van der Waals surface area contributed by atoms with Crippen LogP contribution in [0.1, 0.15) is 18.1 Å². The second-order valence-electron chi connectivity index (χ2n) is 4.74. The summed E-state index contributed by atoms with van der Waals surface area (Å²) in [5, 5.41) is 0.589. The average Bonchev–Trinajstić information content (AvgIpc) is 2.44. The molecule has 0 saturated carbocycles. The molecular weight excluding hydrogens is 275 g/mol. The minimum Gasteiger partial charge on any atom is -0.398 e. The molecular formula is C16H18ClFN2. The number of hydrogen-bond donors (Lipinski definition) is 1. The van der Waals surface area contributed by atoms with Crippen molar-refractivity contribution in [3.05, 3.63) is 64.4 Å². The van der Waals surface area contributed by atoms with Crippen molar-refractivity contribution < 1.29 is 4.39 Å². The Morgan fingerprint density at radius 1 is 1.10 bits per heavy atom. The van der Waals surface area contributed by atoms with E-state index in [9.17, 15) is 4.39 Å². The van der Waals surface area contributed by atoms with Gasteiger partial charge in [0.25, 0.3) is 0 Å². The molecule has 0 bridgehead atoms. The van der Waals surface area contributed by atoms with E-state index in [1.54, 1.807) is 6.07 Å². The van der Waals surface area contributed by atoms with Gasteiger partial charge in [0, 0.05) is 23.8 Å². The molecule has 2 N–H and O–H groups in total. The molecule has 0 radical (unpaired) electrons. The van der Waals surface area contributed by atoms with Crippen LogP contribution in [0, 0.1) is 5.82 Å². The van der Waals surface area contributed by atoms with Crippen molar-refractivity contribution in [1.82, 2.24) is 4.90 Å². The van der Waals surface area contributed by atoms with Gasteiger partial charge in [-0.15, -0.1) is 0 Å². The van der Waals surface area contributed by atoms with Crippen LogP contribution in [0.3, 0.4) is 0 Å². The highest BCUT2D eigenvalue weighted by Crippen LogP contribution is 2.21. The number of anilines is 1. The van der Waals surface area contributed by atoms with Crippen LogP contribution in [-0.2, 0) is 13.1 Å². The number of halogens is 2. The van der Waals surface area contributed by atoms with Gasteiger partial charge in [0.1, 0.15) is 5.82 Å². The van der Waals surface area contributed by atoms with Crippen molar-refractivity contribution in [2.45, 2.75) is 20.0 Å². The fourth-order valence-corrected chi connectivity index (χ4v) is 2.28. The second kappa shape index (κ2) is 6.73. The topological polar surface area (TPSA) is 29.3 Å². The molecule has 0 fully saturated rings. The third kappa shape index (κ3) is 3.71. The van der Waals surface area contributed by atoms with Gasteiger partial charge in [-0.2, -0.15) is 0 Å². The van der Waals surface area contributed by atoms with Crippen molar-refractivity contribution >= 4 is 17.3 Å². The summed E-state index contributed by atoms with van der Waals surface area (Å²) >= 11 is 6.11. The van der Waals surface area contributed by atoms with Crippen LogP contribution >= 0.6 is 11.6 Å². The maximum atomic E-state index is 13.3. The Hall–Kier alpha value is -1.58. The van der Waals surface area contributed by atoms with Crippen LogP contribution in [0.15, 0.2) is 42.5 Å². The first-order valence-corrected chi connectivity index (χ1v) is 6.97. The van der Waals surface area contributed by atoms with E-state index in [4.69, 9.17) is 17.3 Å². The predicted molar refractivity (Wildman–Crippen MR) is 82.1 cm³/mol. The predicted octanol–water partition coefficient (Wildman–Crippen LogP) is 4.08. The number of rotatable bonds is 5. The lowest BCUT2D eigenvalue weighted by Gasteiger charge is -2.22. The van der Waals surface area contributed by atoms with Crippen molar-refractivity contribution in [2.75, 3.05) is 12.3 Å². The fraction of sp³-hybridized carbons (Fsp3) is 0.250. The number of nitrogens with two attached hydrogens (primary N) is 1. The quantitative estimate of drug-likeness (QED) is 0.841. The highest BCUT2D eigenvalue weighted by Gasteiger charge is 2.10. The minimum atomic E-state index is -0.264. The van der Waals surface area contributed by atoms with Gasteiger partial charge in [-0.3, -0.25) is 4.90 Å². The molecule has 2 aromatic rings. The van der Waals surface area contributed by atoms with E-state index in [-0.39, 0.29) is 5.82 Å². The molecule has 0 atom stereocenters. The first-order chi connectivity index (χ1) is 9.60. The zero-order valence-corrected chi connectivity index (χ0v) is 12.2. The van der Waals surface area contributed by atoms with Gasteiger partial charge in [-0.05, 0) is 41.9 Å². The van der Waals surface area contributed by atoms with Crippen molar-refractivity contribution in [3.8, 4) is 0 Å². The molecule has 4 heteroatoms. The molecule has 106 valence electrons. The lowest BCUT2D eigenvalue weighted by atomic mass is 10.1. The minimum absolute atomic E-state index is 0.264. The summed E-state index contributed by atoms with van der Waals surface area (Å²) in [6, 6.07) is 12.2. The van der Waals surface area contributed by atoms with Crippen molar-refractivity contribution in [3.63, 3.8) is 0 Å². The van der Waals surface area contributed by atoms with Crippen LogP contribution in [0.2, 0.25) is 5.02 Å². The van der Waals surface area contributed by atoms with E-state index in [0.29, 0.717) is 11.6 Å². The van der Waals surface area contributed by atoms with E-state index in [0.717, 1.165) is 29.9 Å². The maximum Gasteiger partial charge on any atom is 0.123 e. The zero-order valence-electron chi connectivity index (χ0n) is 11.4. The SMILES string of the molecule is CCN(Cc1ccccc1N)Cc1cc(F)ccc1Cl. The number of nitrogen functional groups attached to an aromatic ring is 1. The van der Waals surface area contributed by atoms with E-state index in [1.807, 2.05) is 24.3 Å². The third-order valence-corrected chi connectivity index (χ3v) is 3.67. The molecule has 0 aliphatic carbocycles. The summed E-state index contributed by atoms with van der Waals surface area (Å²) in [5.41, 5.74) is 8.60. The highest BCUT2D eigenvalue weighted by molar-refractivity contribution is 6.31. The maximum absolute atomic E-state index is 13.3. The summed E-state index contributed by atoms with van der Waals surface area (Å²) < 4.78 is 13.3. The Bertz CT molecular complexity index is 586. The molecule has 0 amide bonds. The van der Waals surface area contributed by atoms with E-state index in [2.05, 4.69) is 11.8 Å².